The normalized spacial score (nSPS) is 18.2. The highest BCUT2D eigenvalue weighted by Crippen LogP contribution is 2.30. The molecule has 1 aromatic carbocycles. The molecule has 0 spiro atoms. The van der Waals surface area contributed by atoms with Crippen LogP contribution in [0.4, 0.5) is 5.82 Å². The van der Waals surface area contributed by atoms with E-state index >= 15 is 0 Å². The number of carbonyl (C=O) groups excluding carboxylic acids is 1. The number of nitrogens with two attached hydrogens (primary N) is 1. The zero-order chi connectivity index (χ0) is 24.4. The van der Waals surface area contributed by atoms with Crippen LogP contribution in [0.2, 0.25) is 0 Å². The number of hydrogen-bond acceptors (Lipinski definition) is 8. The Labute approximate surface area is 207 Å². The van der Waals surface area contributed by atoms with Gasteiger partial charge in [0, 0.05) is 30.5 Å². The number of hydrogen-bond donors (Lipinski definition) is 2. The molecule has 1 fully saturated rings. The summed E-state index contributed by atoms with van der Waals surface area (Å²) in [4.78, 5) is 22.3. The van der Waals surface area contributed by atoms with Gasteiger partial charge >= 0.3 is 10.3 Å². The van der Waals surface area contributed by atoms with Gasteiger partial charge < -0.3 is 9.88 Å². The molecule has 0 radical (unpaired) electrons. The molecule has 3 N–H and O–H groups in total. The van der Waals surface area contributed by atoms with Gasteiger partial charge in [0.25, 0.3) is 0 Å². The highest BCUT2D eigenvalue weighted by molar-refractivity contribution is 7.84. The van der Waals surface area contributed by atoms with E-state index in [-0.39, 0.29) is 24.3 Å². The van der Waals surface area contributed by atoms with Gasteiger partial charge in [-0.1, -0.05) is 18.2 Å². The number of rotatable bonds is 9. The van der Waals surface area contributed by atoms with Crippen molar-refractivity contribution in [2.24, 2.45) is 11.1 Å². The number of ketones is 1. The molecule has 1 aliphatic rings. The SMILES string of the molecule is NS(=O)(=O)OC[C@@H]1CC[C@H](Nc2ncncc2C(=O)c2cc(Cn3ccc4ccccc43)cs2)C1. The summed E-state index contributed by atoms with van der Waals surface area (Å²) in [6, 6.07) is 12.3. The third kappa shape index (κ3) is 5.59. The first-order valence-corrected chi connectivity index (χ1v) is 13.6. The lowest BCUT2D eigenvalue weighted by Crippen LogP contribution is -2.22. The Bertz CT molecular complexity index is 1460. The molecular weight excluding hydrogens is 486 g/mol. The number of fused-ring (bicyclic) bond motifs is 1. The number of nitrogens with zero attached hydrogens (tertiary/aromatic N) is 3. The molecule has 1 aliphatic carbocycles. The fourth-order valence-electron chi connectivity index (χ4n) is 4.54. The first kappa shape index (κ1) is 23.6. The topological polar surface area (TPSA) is 129 Å². The van der Waals surface area contributed by atoms with E-state index in [2.05, 4.69) is 44.2 Å². The second-order valence-electron chi connectivity index (χ2n) is 8.73. The summed E-state index contributed by atoms with van der Waals surface area (Å²) in [7, 11) is -3.95. The summed E-state index contributed by atoms with van der Waals surface area (Å²) < 4.78 is 29.0. The van der Waals surface area contributed by atoms with Crippen LogP contribution in [0.25, 0.3) is 10.9 Å². The number of carbonyl (C=O) groups is 1. The van der Waals surface area contributed by atoms with E-state index in [4.69, 9.17) is 9.32 Å². The Morgan fingerprint density at radius 3 is 2.97 bits per heavy atom. The largest absolute Gasteiger partial charge is 0.367 e. The van der Waals surface area contributed by atoms with Crippen LogP contribution in [-0.4, -0.2) is 41.4 Å². The molecule has 0 saturated heterocycles. The molecular formula is C24H25N5O4S2. The third-order valence-corrected chi connectivity index (χ3v) is 7.66. The van der Waals surface area contributed by atoms with Crippen molar-refractivity contribution < 1.29 is 17.4 Å². The first-order chi connectivity index (χ1) is 16.9. The highest BCUT2D eigenvalue weighted by atomic mass is 32.2. The molecule has 5 rings (SSSR count). The fourth-order valence-corrected chi connectivity index (χ4v) is 5.78. The number of benzene rings is 1. The molecule has 3 heterocycles. The Hall–Kier alpha value is -3.12. The lowest BCUT2D eigenvalue weighted by Gasteiger charge is -2.15. The van der Waals surface area contributed by atoms with Crippen LogP contribution in [0.1, 0.15) is 40.1 Å². The Morgan fingerprint density at radius 1 is 1.26 bits per heavy atom. The standard InChI is InChI=1S/C24H25N5O4S2/c25-35(31,32)33-13-16-5-6-19(9-16)28-24-20(11-26-15-27-24)23(30)22-10-17(14-34-22)12-29-8-7-18-3-1-2-4-21(18)29/h1-4,7-8,10-11,14-16,19H,5-6,9,12-13H2,(H2,25,31,32)(H,26,27,28)/t16-,19+/m1/s1. The van der Waals surface area contributed by atoms with Crippen LogP contribution in [0.5, 0.6) is 0 Å². The summed E-state index contributed by atoms with van der Waals surface area (Å²) in [6.07, 6.45) is 7.30. The average molecular weight is 512 g/mol. The van der Waals surface area contributed by atoms with Crippen molar-refractivity contribution in [1.82, 2.24) is 14.5 Å². The van der Waals surface area contributed by atoms with Gasteiger partial charge in [0.1, 0.15) is 12.1 Å². The van der Waals surface area contributed by atoms with Gasteiger partial charge in [0.2, 0.25) is 5.78 Å². The first-order valence-electron chi connectivity index (χ1n) is 11.3. The van der Waals surface area contributed by atoms with Crippen molar-refractivity contribution in [3.63, 3.8) is 0 Å². The Balaban J connectivity index is 1.27. The number of para-hydroxylation sites is 1. The lowest BCUT2D eigenvalue weighted by atomic mass is 10.1. The van der Waals surface area contributed by atoms with Crippen molar-refractivity contribution in [3.05, 3.63) is 76.5 Å². The maximum atomic E-state index is 13.3. The third-order valence-electron chi connectivity index (χ3n) is 6.22. The summed E-state index contributed by atoms with van der Waals surface area (Å²) >= 11 is 1.41. The van der Waals surface area contributed by atoms with Crippen LogP contribution in [0.15, 0.2) is 60.5 Å². The van der Waals surface area contributed by atoms with Crippen molar-refractivity contribution in [3.8, 4) is 0 Å². The molecule has 4 aromatic rings. The van der Waals surface area contributed by atoms with Gasteiger partial charge in [-0.25, -0.2) is 15.1 Å². The molecule has 0 aliphatic heterocycles. The van der Waals surface area contributed by atoms with E-state index in [1.807, 2.05) is 23.6 Å². The van der Waals surface area contributed by atoms with Crippen LogP contribution in [-0.2, 0) is 21.0 Å². The average Bonchev–Trinajstić information content (AvgIpc) is 3.58. The summed E-state index contributed by atoms with van der Waals surface area (Å²) in [6.45, 7) is 0.735. The molecule has 0 bridgehead atoms. The van der Waals surface area contributed by atoms with Crippen LogP contribution < -0.4 is 10.5 Å². The second-order valence-corrected chi connectivity index (χ2v) is 10.9. The maximum absolute atomic E-state index is 13.3. The van der Waals surface area contributed by atoms with E-state index in [0.29, 0.717) is 29.2 Å². The van der Waals surface area contributed by atoms with E-state index in [1.165, 1.54) is 29.2 Å². The highest BCUT2D eigenvalue weighted by Gasteiger charge is 2.28. The number of aromatic nitrogens is 3. The minimum absolute atomic E-state index is 0.0476. The van der Waals surface area contributed by atoms with E-state index < -0.39 is 10.3 Å². The molecule has 9 nitrogen and oxygen atoms in total. The smallest absolute Gasteiger partial charge is 0.333 e. The minimum Gasteiger partial charge on any atom is -0.367 e. The van der Waals surface area contributed by atoms with Gasteiger partial charge in [-0.15, -0.1) is 11.3 Å². The molecule has 0 unspecified atom stereocenters. The molecule has 11 heteroatoms. The van der Waals surface area contributed by atoms with E-state index in [0.717, 1.165) is 23.9 Å². The Morgan fingerprint density at radius 2 is 2.11 bits per heavy atom. The van der Waals surface area contributed by atoms with Crippen molar-refractivity contribution in [1.29, 1.82) is 0 Å². The zero-order valence-corrected chi connectivity index (χ0v) is 20.5. The summed E-state index contributed by atoms with van der Waals surface area (Å²) in [5.41, 5.74) is 2.62. The van der Waals surface area contributed by atoms with Gasteiger partial charge in [-0.3, -0.25) is 8.98 Å². The van der Waals surface area contributed by atoms with Crippen LogP contribution in [0, 0.1) is 5.92 Å². The maximum Gasteiger partial charge on any atom is 0.333 e. The minimum atomic E-state index is -3.95. The lowest BCUT2D eigenvalue weighted by molar-refractivity contribution is 0.104. The Kier molecular flexibility index (Phi) is 6.65. The number of nitrogens with one attached hydrogen (secondary N) is 1. The molecule has 0 amide bonds. The second kappa shape index (κ2) is 9.86. The molecule has 35 heavy (non-hydrogen) atoms. The number of anilines is 1. The van der Waals surface area contributed by atoms with Crippen molar-refractivity contribution >= 4 is 44.1 Å². The van der Waals surface area contributed by atoms with Gasteiger partial charge in [0.05, 0.1) is 17.0 Å². The molecule has 1 saturated carbocycles. The quantitative estimate of drug-likeness (QED) is 0.329. The van der Waals surface area contributed by atoms with Crippen LogP contribution >= 0.6 is 11.3 Å². The molecule has 182 valence electrons. The predicted molar refractivity (Wildman–Crippen MR) is 135 cm³/mol. The van der Waals surface area contributed by atoms with Crippen molar-refractivity contribution in [2.75, 3.05) is 11.9 Å². The fraction of sp³-hybridized carbons (Fsp3) is 0.292. The van der Waals surface area contributed by atoms with Crippen LogP contribution in [0.3, 0.4) is 0 Å². The molecule has 2 atom stereocenters. The number of thiophene rings is 1. The summed E-state index contributed by atoms with van der Waals surface area (Å²) in [5, 5.41) is 11.5. The van der Waals surface area contributed by atoms with Gasteiger partial charge in [-0.05, 0) is 59.7 Å². The van der Waals surface area contributed by atoms with Gasteiger partial charge in [0.15, 0.2) is 0 Å². The van der Waals surface area contributed by atoms with E-state index in [9.17, 15) is 13.2 Å². The predicted octanol–water partition coefficient (Wildman–Crippen LogP) is 3.57. The molecule has 3 aromatic heterocycles. The van der Waals surface area contributed by atoms with Gasteiger partial charge in [-0.2, -0.15) is 8.42 Å². The summed E-state index contributed by atoms with van der Waals surface area (Å²) in [5.74, 6) is 0.416. The van der Waals surface area contributed by atoms with E-state index in [1.54, 1.807) is 0 Å². The van der Waals surface area contributed by atoms with Crippen molar-refractivity contribution in [2.45, 2.75) is 31.8 Å². The zero-order valence-electron chi connectivity index (χ0n) is 18.8. The monoisotopic (exact) mass is 511 g/mol.